The van der Waals surface area contributed by atoms with E-state index in [9.17, 15) is 0 Å². The molecular weight excluding hydrogens is 262 g/mol. The molecule has 2 heterocycles. The first-order chi connectivity index (χ1) is 10.2. The Labute approximate surface area is 123 Å². The average molecular weight is 279 g/mol. The number of ether oxygens (including phenoxy) is 1. The van der Waals surface area contributed by atoms with Crippen LogP contribution in [0.3, 0.4) is 0 Å². The molecular formula is C17H17N3O. The van der Waals surface area contributed by atoms with Gasteiger partial charge >= 0.3 is 0 Å². The fourth-order valence-corrected chi connectivity index (χ4v) is 2.30. The van der Waals surface area contributed by atoms with Crippen LogP contribution in [0.2, 0.25) is 0 Å². The molecule has 0 N–H and O–H groups in total. The zero-order chi connectivity index (χ0) is 14.8. The Hall–Kier alpha value is -2.49. The van der Waals surface area contributed by atoms with E-state index in [2.05, 4.69) is 23.0 Å². The second-order valence-corrected chi connectivity index (χ2v) is 4.96. The molecule has 0 amide bonds. The Balaban J connectivity index is 2.10. The van der Waals surface area contributed by atoms with Gasteiger partial charge in [-0.1, -0.05) is 0 Å². The summed E-state index contributed by atoms with van der Waals surface area (Å²) < 4.78 is 5.55. The second kappa shape index (κ2) is 5.48. The van der Waals surface area contributed by atoms with Crippen LogP contribution >= 0.6 is 0 Å². The number of hydrogen-bond acceptors (Lipinski definition) is 4. The highest BCUT2D eigenvalue weighted by atomic mass is 16.5. The van der Waals surface area contributed by atoms with Gasteiger partial charge in [0.15, 0.2) is 0 Å². The number of fused-ring (bicyclic) bond motifs is 1. The highest BCUT2D eigenvalue weighted by Gasteiger charge is 2.07. The number of aryl methyl sites for hydroxylation is 2. The fourth-order valence-electron chi connectivity index (χ4n) is 2.30. The van der Waals surface area contributed by atoms with Gasteiger partial charge in [0.05, 0.1) is 17.8 Å². The van der Waals surface area contributed by atoms with Crippen LogP contribution in [0, 0.1) is 13.8 Å². The summed E-state index contributed by atoms with van der Waals surface area (Å²) in [5.74, 6) is 1.64. The minimum Gasteiger partial charge on any atom is -0.494 e. The van der Waals surface area contributed by atoms with E-state index in [4.69, 9.17) is 9.72 Å². The third-order valence-corrected chi connectivity index (χ3v) is 3.37. The van der Waals surface area contributed by atoms with E-state index in [1.54, 1.807) is 0 Å². The molecule has 3 rings (SSSR count). The van der Waals surface area contributed by atoms with Crippen molar-refractivity contribution < 1.29 is 4.74 Å². The van der Waals surface area contributed by atoms with Gasteiger partial charge in [-0.3, -0.25) is 0 Å². The molecule has 4 heteroatoms. The van der Waals surface area contributed by atoms with Crippen LogP contribution in [0.25, 0.3) is 22.2 Å². The maximum absolute atomic E-state index is 5.55. The fraction of sp³-hybridized carbons (Fsp3) is 0.235. The number of rotatable bonds is 3. The molecule has 0 radical (unpaired) electrons. The molecule has 106 valence electrons. The molecule has 0 unspecified atom stereocenters. The molecule has 21 heavy (non-hydrogen) atoms. The van der Waals surface area contributed by atoms with Gasteiger partial charge in [0, 0.05) is 23.3 Å². The maximum atomic E-state index is 5.55. The summed E-state index contributed by atoms with van der Waals surface area (Å²) in [5.41, 5.74) is 3.94. The quantitative estimate of drug-likeness (QED) is 0.733. The lowest BCUT2D eigenvalue weighted by Crippen LogP contribution is -1.94. The van der Waals surface area contributed by atoms with E-state index in [-0.39, 0.29) is 0 Å². The van der Waals surface area contributed by atoms with Crippen LogP contribution in [0.1, 0.15) is 18.3 Å². The van der Waals surface area contributed by atoms with Crippen LogP contribution in [0.4, 0.5) is 0 Å². The van der Waals surface area contributed by atoms with Gasteiger partial charge in [0.2, 0.25) is 0 Å². The van der Waals surface area contributed by atoms with Crippen molar-refractivity contribution in [3.8, 4) is 17.0 Å². The largest absolute Gasteiger partial charge is 0.494 e. The minimum absolute atomic E-state index is 0.663. The lowest BCUT2D eigenvalue weighted by molar-refractivity contribution is 0.340. The van der Waals surface area contributed by atoms with Gasteiger partial charge in [0.1, 0.15) is 11.6 Å². The van der Waals surface area contributed by atoms with Crippen molar-refractivity contribution in [2.75, 3.05) is 6.61 Å². The summed E-state index contributed by atoms with van der Waals surface area (Å²) in [5, 5.41) is 1.11. The number of aromatic nitrogens is 3. The summed E-state index contributed by atoms with van der Waals surface area (Å²) >= 11 is 0. The smallest absolute Gasteiger partial charge is 0.125 e. The number of nitrogens with zero attached hydrogens (tertiary/aromatic N) is 3. The summed E-state index contributed by atoms with van der Waals surface area (Å²) in [6.07, 6.45) is 3.62. The lowest BCUT2D eigenvalue weighted by atomic mass is 10.1. The molecule has 0 aliphatic heterocycles. The zero-order valence-electron chi connectivity index (χ0n) is 12.4. The van der Waals surface area contributed by atoms with Crippen molar-refractivity contribution in [3.63, 3.8) is 0 Å². The van der Waals surface area contributed by atoms with Crippen LogP contribution < -0.4 is 4.74 Å². The second-order valence-electron chi connectivity index (χ2n) is 4.96. The average Bonchev–Trinajstić information content (AvgIpc) is 2.49. The minimum atomic E-state index is 0.663. The van der Waals surface area contributed by atoms with Crippen molar-refractivity contribution in [2.45, 2.75) is 20.8 Å². The van der Waals surface area contributed by atoms with Crippen molar-refractivity contribution in [2.24, 2.45) is 0 Å². The Kier molecular flexibility index (Phi) is 3.52. The van der Waals surface area contributed by atoms with Gasteiger partial charge in [-0.25, -0.2) is 15.0 Å². The zero-order valence-corrected chi connectivity index (χ0v) is 12.4. The molecule has 3 aromatic rings. The Morgan fingerprint density at radius 1 is 1.05 bits per heavy atom. The van der Waals surface area contributed by atoms with E-state index in [0.29, 0.717) is 6.61 Å². The van der Waals surface area contributed by atoms with Crippen molar-refractivity contribution in [3.05, 3.63) is 48.0 Å². The molecule has 1 aromatic carbocycles. The summed E-state index contributed by atoms with van der Waals surface area (Å²) in [6, 6.07) is 8.04. The van der Waals surface area contributed by atoms with E-state index in [1.165, 1.54) is 0 Å². The third-order valence-electron chi connectivity index (χ3n) is 3.37. The first-order valence-corrected chi connectivity index (χ1v) is 7.00. The van der Waals surface area contributed by atoms with E-state index >= 15 is 0 Å². The van der Waals surface area contributed by atoms with Gasteiger partial charge < -0.3 is 4.74 Å². The first kappa shape index (κ1) is 13.5. The van der Waals surface area contributed by atoms with E-state index in [1.807, 2.05) is 44.4 Å². The van der Waals surface area contributed by atoms with Gasteiger partial charge in [-0.15, -0.1) is 0 Å². The molecule has 0 bridgehead atoms. The monoisotopic (exact) mass is 279 g/mol. The van der Waals surface area contributed by atoms with Gasteiger partial charge in [-0.2, -0.15) is 0 Å². The normalized spacial score (nSPS) is 10.8. The standard InChI is InChI=1S/C17H17N3O/c1-4-21-14-5-6-16-15(8-14)11(2)7-17(20-16)13-9-18-12(3)19-10-13/h5-10H,4H2,1-3H3. The summed E-state index contributed by atoms with van der Waals surface area (Å²) in [4.78, 5) is 13.2. The molecule has 0 saturated carbocycles. The maximum Gasteiger partial charge on any atom is 0.125 e. The third kappa shape index (κ3) is 2.70. The summed E-state index contributed by atoms with van der Waals surface area (Å²) in [7, 11) is 0. The van der Waals surface area contributed by atoms with Crippen molar-refractivity contribution >= 4 is 10.9 Å². The van der Waals surface area contributed by atoms with Crippen LogP contribution in [0.5, 0.6) is 5.75 Å². The summed E-state index contributed by atoms with van der Waals surface area (Å²) in [6.45, 7) is 6.60. The van der Waals surface area contributed by atoms with Gasteiger partial charge in [-0.05, 0) is 50.6 Å². The van der Waals surface area contributed by atoms with Crippen LogP contribution in [-0.2, 0) is 0 Å². The molecule has 4 nitrogen and oxygen atoms in total. The highest BCUT2D eigenvalue weighted by molar-refractivity contribution is 5.86. The first-order valence-electron chi connectivity index (χ1n) is 7.00. The topological polar surface area (TPSA) is 47.9 Å². The Bertz CT molecular complexity index is 782. The highest BCUT2D eigenvalue weighted by Crippen LogP contribution is 2.26. The van der Waals surface area contributed by atoms with E-state index in [0.717, 1.165) is 39.3 Å². The molecule has 0 atom stereocenters. The number of pyridine rings is 1. The van der Waals surface area contributed by atoms with Gasteiger partial charge in [0.25, 0.3) is 0 Å². The lowest BCUT2D eigenvalue weighted by Gasteiger charge is -2.09. The molecule has 0 saturated heterocycles. The molecule has 0 aliphatic carbocycles. The van der Waals surface area contributed by atoms with Crippen molar-refractivity contribution in [1.82, 2.24) is 15.0 Å². The number of benzene rings is 1. The molecule has 0 spiro atoms. The molecule has 0 aliphatic rings. The van der Waals surface area contributed by atoms with Crippen molar-refractivity contribution in [1.29, 1.82) is 0 Å². The predicted octanol–water partition coefficient (Wildman–Crippen LogP) is 3.71. The molecule has 2 aromatic heterocycles. The number of hydrogen-bond donors (Lipinski definition) is 0. The Morgan fingerprint density at radius 2 is 1.81 bits per heavy atom. The van der Waals surface area contributed by atoms with E-state index < -0.39 is 0 Å². The van der Waals surface area contributed by atoms with Crippen LogP contribution in [-0.4, -0.2) is 21.6 Å². The SMILES string of the molecule is CCOc1ccc2nc(-c3cnc(C)nc3)cc(C)c2c1. The van der Waals surface area contributed by atoms with Crippen LogP contribution in [0.15, 0.2) is 36.7 Å². The Morgan fingerprint density at radius 3 is 2.52 bits per heavy atom. The molecule has 0 fully saturated rings. The predicted molar refractivity (Wildman–Crippen MR) is 83.4 cm³/mol.